The van der Waals surface area contributed by atoms with Crippen molar-refractivity contribution in [2.45, 2.75) is 18.8 Å². The Morgan fingerprint density at radius 3 is 2.63 bits per heavy atom. The van der Waals surface area contributed by atoms with Crippen molar-refractivity contribution in [1.82, 2.24) is 10.2 Å². The zero-order valence-corrected chi connectivity index (χ0v) is 14.9. The van der Waals surface area contributed by atoms with Crippen LogP contribution in [-0.2, 0) is 0 Å². The van der Waals surface area contributed by atoms with Crippen molar-refractivity contribution in [2.24, 2.45) is 0 Å². The van der Waals surface area contributed by atoms with E-state index in [2.05, 4.69) is 20.8 Å². The van der Waals surface area contributed by atoms with Crippen molar-refractivity contribution in [3.05, 3.63) is 69.2 Å². The van der Waals surface area contributed by atoms with Gasteiger partial charge in [-0.05, 0) is 37.1 Å². The third-order valence-corrected chi connectivity index (χ3v) is 5.10. The number of benzene rings is 2. The van der Waals surface area contributed by atoms with Crippen LogP contribution in [0.3, 0.4) is 0 Å². The van der Waals surface area contributed by atoms with Gasteiger partial charge in [-0.1, -0.05) is 29.5 Å². The second kappa shape index (κ2) is 7.12. The van der Waals surface area contributed by atoms with E-state index in [-0.39, 0.29) is 11.3 Å². The monoisotopic (exact) mass is 381 g/mol. The summed E-state index contributed by atoms with van der Waals surface area (Å²) >= 11 is 1.34. The standard InChI is InChI=1S/C18H15N5O3S/c24-16(20-18-22-21-17(27-18)11-6-7-11)12-8-9-14(15(10-12)23(25)26)19-13-4-2-1-3-5-13/h1-5,8-11,19H,6-7H2,(H,20,22,24). The quantitative estimate of drug-likeness (QED) is 0.486. The maximum atomic E-state index is 12.4. The zero-order chi connectivity index (χ0) is 18.8. The minimum absolute atomic E-state index is 0.178. The lowest BCUT2D eigenvalue weighted by molar-refractivity contribution is -0.383. The largest absolute Gasteiger partial charge is 0.350 e. The fourth-order valence-electron chi connectivity index (χ4n) is 2.56. The normalized spacial score (nSPS) is 13.2. The zero-order valence-electron chi connectivity index (χ0n) is 14.1. The molecule has 0 unspecified atom stereocenters. The number of anilines is 3. The lowest BCUT2D eigenvalue weighted by Crippen LogP contribution is -2.12. The number of carbonyl (C=O) groups excluding carboxylic acids is 1. The molecule has 1 aliphatic carbocycles. The molecular weight excluding hydrogens is 366 g/mol. The smallest absolute Gasteiger partial charge is 0.293 e. The van der Waals surface area contributed by atoms with Crippen molar-refractivity contribution in [3.8, 4) is 0 Å². The first-order chi connectivity index (χ1) is 13.1. The van der Waals surface area contributed by atoms with Crippen molar-refractivity contribution < 1.29 is 9.72 Å². The molecule has 2 aromatic carbocycles. The Hall–Kier alpha value is -3.33. The van der Waals surface area contributed by atoms with E-state index >= 15 is 0 Å². The molecular formula is C18H15N5O3S. The predicted molar refractivity (Wildman–Crippen MR) is 103 cm³/mol. The van der Waals surface area contributed by atoms with E-state index in [0.29, 0.717) is 16.7 Å². The van der Waals surface area contributed by atoms with E-state index < -0.39 is 10.8 Å². The number of nitro benzene ring substituents is 1. The molecule has 0 saturated heterocycles. The van der Waals surface area contributed by atoms with Gasteiger partial charge in [-0.2, -0.15) is 0 Å². The van der Waals surface area contributed by atoms with Crippen molar-refractivity contribution in [1.29, 1.82) is 0 Å². The number of carbonyl (C=O) groups is 1. The summed E-state index contributed by atoms with van der Waals surface area (Å²) in [6, 6.07) is 13.4. The summed E-state index contributed by atoms with van der Waals surface area (Å²) in [7, 11) is 0. The number of aromatic nitrogens is 2. The molecule has 0 atom stereocenters. The van der Waals surface area contributed by atoms with Crippen molar-refractivity contribution >= 4 is 39.4 Å². The van der Waals surface area contributed by atoms with E-state index in [1.807, 2.05) is 18.2 Å². The summed E-state index contributed by atoms with van der Waals surface area (Å²) in [5.74, 6) is 0.000409. The lowest BCUT2D eigenvalue weighted by Gasteiger charge is -2.08. The number of nitrogens with one attached hydrogen (secondary N) is 2. The fraction of sp³-hybridized carbons (Fsp3) is 0.167. The molecule has 1 fully saturated rings. The van der Waals surface area contributed by atoms with Gasteiger partial charge in [-0.15, -0.1) is 10.2 Å². The molecule has 2 N–H and O–H groups in total. The van der Waals surface area contributed by atoms with Gasteiger partial charge in [0.2, 0.25) is 5.13 Å². The number of rotatable bonds is 6. The molecule has 1 saturated carbocycles. The number of nitrogens with zero attached hydrogens (tertiary/aromatic N) is 3. The Bertz CT molecular complexity index is 1000. The maximum absolute atomic E-state index is 12.4. The van der Waals surface area contributed by atoms with E-state index in [0.717, 1.165) is 23.5 Å². The van der Waals surface area contributed by atoms with Crippen LogP contribution in [0.25, 0.3) is 0 Å². The summed E-state index contributed by atoms with van der Waals surface area (Å²) in [6.07, 6.45) is 2.20. The van der Waals surface area contributed by atoms with Crippen LogP contribution >= 0.6 is 11.3 Å². The lowest BCUT2D eigenvalue weighted by atomic mass is 10.1. The average Bonchev–Trinajstić information content (AvgIpc) is 3.42. The third kappa shape index (κ3) is 3.93. The number of hydrogen-bond acceptors (Lipinski definition) is 7. The molecule has 136 valence electrons. The highest BCUT2D eigenvalue weighted by Gasteiger charge is 2.28. The first kappa shape index (κ1) is 17.1. The first-order valence-electron chi connectivity index (χ1n) is 8.35. The topological polar surface area (TPSA) is 110 Å². The molecule has 1 aliphatic rings. The van der Waals surface area contributed by atoms with E-state index in [1.165, 1.54) is 29.5 Å². The molecule has 3 aromatic rings. The maximum Gasteiger partial charge on any atom is 0.293 e. The number of amides is 1. The third-order valence-electron chi connectivity index (χ3n) is 4.10. The SMILES string of the molecule is O=C(Nc1nnc(C2CC2)s1)c1ccc(Nc2ccccc2)c([N+](=O)[O-])c1. The fourth-order valence-corrected chi connectivity index (χ4v) is 3.46. The second-order valence-corrected chi connectivity index (χ2v) is 7.16. The molecule has 1 aromatic heterocycles. The van der Waals surface area contributed by atoms with Crippen molar-refractivity contribution in [3.63, 3.8) is 0 Å². The highest BCUT2D eigenvalue weighted by Crippen LogP contribution is 2.42. The van der Waals surface area contributed by atoms with Crippen LogP contribution < -0.4 is 10.6 Å². The summed E-state index contributed by atoms with van der Waals surface area (Å²) in [5.41, 5.74) is 1.04. The van der Waals surface area contributed by atoms with Crippen LogP contribution in [0, 0.1) is 10.1 Å². The van der Waals surface area contributed by atoms with Gasteiger partial charge in [0.05, 0.1) is 4.92 Å². The van der Waals surface area contributed by atoms with Gasteiger partial charge in [0.1, 0.15) is 10.7 Å². The van der Waals surface area contributed by atoms with E-state index in [4.69, 9.17) is 0 Å². The Morgan fingerprint density at radius 1 is 1.15 bits per heavy atom. The van der Waals surface area contributed by atoms with Crippen LogP contribution in [0.5, 0.6) is 0 Å². The summed E-state index contributed by atoms with van der Waals surface area (Å²) in [6.45, 7) is 0. The summed E-state index contributed by atoms with van der Waals surface area (Å²) in [5, 5.41) is 26.4. The molecule has 0 bridgehead atoms. The Morgan fingerprint density at radius 2 is 1.93 bits per heavy atom. The minimum atomic E-state index is -0.516. The van der Waals surface area contributed by atoms with Gasteiger partial charge in [0, 0.05) is 23.2 Å². The molecule has 8 nitrogen and oxygen atoms in total. The second-order valence-electron chi connectivity index (χ2n) is 6.15. The molecule has 0 aliphatic heterocycles. The summed E-state index contributed by atoms with van der Waals surface area (Å²) < 4.78 is 0. The number of para-hydroxylation sites is 1. The van der Waals surface area contributed by atoms with Gasteiger partial charge in [-0.25, -0.2) is 0 Å². The number of nitro groups is 1. The molecule has 1 heterocycles. The highest BCUT2D eigenvalue weighted by atomic mass is 32.1. The molecule has 9 heteroatoms. The van der Waals surface area contributed by atoms with Crippen LogP contribution in [0.1, 0.15) is 34.1 Å². The summed E-state index contributed by atoms with van der Waals surface area (Å²) in [4.78, 5) is 23.4. The Balaban J connectivity index is 1.54. The minimum Gasteiger partial charge on any atom is -0.350 e. The van der Waals surface area contributed by atoms with Gasteiger partial charge in [0.25, 0.3) is 11.6 Å². The molecule has 0 spiro atoms. The van der Waals surface area contributed by atoms with Crippen LogP contribution in [0.2, 0.25) is 0 Å². The number of hydrogen-bond donors (Lipinski definition) is 2. The highest BCUT2D eigenvalue weighted by molar-refractivity contribution is 7.15. The van der Waals surface area contributed by atoms with Crippen LogP contribution in [0.15, 0.2) is 48.5 Å². The van der Waals surface area contributed by atoms with Gasteiger partial charge < -0.3 is 5.32 Å². The predicted octanol–water partition coefficient (Wildman–Crippen LogP) is 4.32. The van der Waals surface area contributed by atoms with Crippen LogP contribution in [-0.4, -0.2) is 21.0 Å². The molecule has 4 rings (SSSR count). The van der Waals surface area contributed by atoms with Crippen LogP contribution in [0.4, 0.5) is 22.2 Å². The van der Waals surface area contributed by atoms with Crippen molar-refractivity contribution in [2.75, 3.05) is 10.6 Å². The Kier molecular flexibility index (Phi) is 4.51. The van der Waals surface area contributed by atoms with Gasteiger partial charge in [0.15, 0.2) is 0 Å². The molecule has 0 radical (unpaired) electrons. The average molecular weight is 381 g/mol. The van der Waals surface area contributed by atoms with Gasteiger partial charge in [-0.3, -0.25) is 20.2 Å². The Labute approximate surface area is 158 Å². The van der Waals surface area contributed by atoms with E-state index in [9.17, 15) is 14.9 Å². The van der Waals surface area contributed by atoms with E-state index in [1.54, 1.807) is 12.1 Å². The first-order valence-corrected chi connectivity index (χ1v) is 9.17. The van der Waals surface area contributed by atoms with Gasteiger partial charge >= 0.3 is 0 Å². The molecule has 1 amide bonds. The molecule has 27 heavy (non-hydrogen) atoms.